The lowest BCUT2D eigenvalue weighted by Gasteiger charge is -2.30. The molecule has 1 aliphatic rings. The number of H-pyrrole nitrogens is 1. The number of aromatic nitrogens is 5. The molecule has 0 radical (unpaired) electrons. The molecule has 1 amide bonds. The van der Waals surface area contributed by atoms with Crippen LogP contribution in [0.4, 0.5) is 0 Å². The Morgan fingerprint density at radius 1 is 1.31 bits per heavy atom. The van der Waals surface area contributed by atoms with Crippen molar-refractivity contribution in [2.75, 3.05) is 0 Å². The highest BCUT2D eigenvalue weighted by Crippen LogP contribution is 2.27. The van der Waals surface area contributed by atoms with Crippen molar-refractivity contribution in [3.8, 4) is 5.95 Å². The molecule has 1 saturated carbocycles. The van der Waals surface area contributed by atoms with Crippen molar-refractivity contribution in [2.45, 2.75) is 56.0 Å². The first-order valence-electron chi connectivity index (χ1n) is 9.89. The summed E-state index contributed by atoms with van der Waals surface area (Å²) < 4.78 is 1.38. The molecule has 2 aromatic heterocycles. The molecule has 1 aromatic carbocycles. The van der Waals surface area contributed by atoms with E-state index in [-0.39, 0.29) is 23.5 Å². The van der Waals surface area contributed by atoms with E-state index in [9.17, 15) is 9.59 Å². The molecule has 0 spiro atoms. The van der Waals surface area contributed by atoms with Crippen molar-refractivity contribution in [3.63, 3.8) is 0 Å². The van der Waals surface area contributed by atoms with E-state index in [4.69, 9.17) is 0 Å². The third-order valence-corrected chi connectivity index (χ3v) is 6.50. The highest BCUT2D eigenvalue weighted by Gasteiger charge is 2.26. The van der Waals surface area contributed by atoms with Gasteiger partial charge in [-0.1, -0.05) is 43.7 Å². The predicted octanol–water partition coefficient (Wildman–Crippen LogP) is 2.68. The number of hydrogen-bond acceptors (Lipinski definition) is 6. The number of hydrogen-bond donors (Lipinski definition) is 2. The van der Waals surface area contributed by atoms with Gasteiger partial charge in [-0.3, -0.25) is 9.59 Å². The zero-order chi connectivity index (χ0) is 20.4. The Labute approximate surface area is 172 Å². The number of benzene rings is 1. The largest absolute Gasteiger partial charge is 0.352 e. The first-order chi connectivity index (χ1) is 14.0. The Morgan fingerprint density at radius 2 is 2.10 bits per heavy atom. The zero-order valence-corrected chi connectivity index (χ0v) is 17.3. The quantitative estimate of drug-likeness (QED) is 0.493. The van der Waals surface area contributed by atoms with Gasteiger partial charge < -0.3 is 5.32 Å². The number of fused-ring (bicyclic) bond motifs is 1. The van der Waals surface area contributed by atoms with E-state index in [2.05, 4.69) is 32.4 Å². The van der Waals surface area contributed by atoms with Crippen molar-refractivity contribution in [1.29, 1.82) is 0 Å². The summed E-state index contributed by atoms with van der Waals surface area (Å²) in [6, 6.07) is 7.36. The average Bonchev–Trinajstić information content (AvgIpc) is 3.24. The third kappa shape index (κ3) is 4.05. The molecule has 0 saturated heterocycles. The van der Waals surface area contributed by atoms with Crippen molar-refractivity contribution in [2.24, 2.45) is 5.92 Å². The van der Waals surface area contributed by atoms with Gasteiger partial charge in [0.15, 0.2) is 5.16 Å². The molecule has 8 nitrogen and oxygen atoms in total. The molecule has 2 heterocycles. The summed E-state index contributed by atoms with van der Waals surface area (Å²) >= 11 is 1.25. The number of amides is 1. The number of thioether (sulfide) groups is 1. The number of nitrogens with zero attached hydrogens (tertiary/aromatic N) is 4. The van der Waals surface area contributed by atoms with E-state index in [0.29, 0.717) is 22.0 Å². The SMILES string of the molecule is C[C@@H](Sc1nc2ccccc2c(=O)n1-c1ncn[nH]1)C(=O)N[C@H]1CCCC[C@@H]1C. The van der Waals surface area contributed by atoms with Crippen LogP contribution in [0, 0.1) is 5.92 Å². The van der Waals surface area contributed by atoms with Crippen molar-refractivity contribution in [1.82, 2.24) is 30.0 Å². The third-order valence-electron chi connectivity index (χ3n) is 5.45. The molecular formula is C20H24N6O2S. The summed E-state index contributed by atoms with van der Waals surface area (Å²) in [4.78, 5) is 34.7. The van der Waals surface area contributed by atoms with Gasteiger partial charge in [-0.25, -0.2) is 14.6 Å². The van der Waals surface area contributed by atoms with E-state index < -0.39 is 5.25 Å². The Hall–Kier alpha value is -2.68. The first kappa shape index (κ1) is 19.6. The molecule has 9 heteroatoms. The van der Waals surface area contributed by atoms with Crippen LogP contribution in [0.3, 0.4) is 0 Å². The number of rotatable bonds is 5. The van der Waals surface area contributed by atoms with E-state index in [0.717, 1.165) is 19.3 Å². The fourth-order valence-electron chi connectivity index (χ4n) is 3.73. The molecule has 0 aliphatic heterocycles. The molecule has 29 heavy (non-hydrogen) atoms. The molecule has 0 bridgehead atoms. The summed E-state index contributed by atoms with van der Waals surface area (Å²) in [6.45, 7) is 4.02. The molecule has 1 aliphatic carbocycles. The number of carbonyl (C=O) groups excluding carboxylic acids is 1. The molecule has 0 unspecified atom stereocenters. The van der Waals surface area contributed by atoms with Crippen LogP contribution in [0.2, 0.25) is 0 Å². The van der Waals surface area contributed by atoms with Gasteiger partial charge in [0, 0.05) is 6.04 Å². The van der Waals surface area contributed by atoms with Gasteiger partial charge in [0.05, 0.1) is 16.2 Å². The lowest BCUT2D eigenvalue weighted by atomic mass is 9.86. The van der Waals surface area contributed by atoms with Crippen molar-refractivity contribution in [3.05, 3.63) is 40.9 Å². The maximum atomic E-state index is 13.1. The van der Waals surface area contributed by atoms with Gasteiger partial charge in [0.2, 0.25) is 11.9 Å². The smallest absolute Gasteiger partial charge is 0.269 e. The van der Waals surface area contributed by atoms with Gasteiger partial charge in [0.25, 0.3) is 5.56 Å². The highest BCUT2D eigenvalue weighted by atomic mass is 32.2. The van der Waals surface area contributed by atoms with Crippen LogP contribution in [-0.4, -0.2) is 41.9 Å². The summed E-state index contributed by atoms with van der Waals surface area (Å²) in [7, 11) is 0. The van der Waals surface area contributed by atoms with Gasteiger partial charge in [-0.15, -0.1) is 0 Å². The zero-order valence-electron chi connectivity index (χ0n) is 16.5. The Kier molecular flexibility index (Phi) is 5.66. The fraction of sp³-hybridized carbons (Fsp3) is 0.450. The number of aromatic amines is 1. The maximum absolute atomic E-state index is 13.1. The van der Waals surface area contributed by atoms with Gasteiger partial charge in [-0.05, 0) is 37.8 Å². The summed E-state index contributed by atoms with van der Waals surface area (Å²) in [6.07, 6.45) is 5.87. The monoisotopic (exact) mass is 412 g/mol. The highest BCUT2D eigenvalue weighted by molar-refractivity contribution is 8.00. The first-order valence-corrected chi connectivity index (χ1v) is 10.8. The van der Waals surface area contributed by atoms with Gasteiger partial charge in [-0.2, -0.15) is 10.1 Å². The predicted molar refractivity (Wildman–Crippen MR) is 112 cm³/mol. The minimum atomic E-state index is -0.411. The van der Waals surface area contributed by atoms with Gasteiger partial charge in [0.1, 0.15) is 6.33 Å². The van der Waals surface area contributed by atoms with Crippen molar-refractivity contribution >= 4 is 28.6 Å². The lowest BCUT2D eigenvalue weighted by molar-refractivity contribution is -0.121. The molecule has 1 fully saturated rings. The Balaban J connectivity index is 1.63. The second kappa shape index (κ2) is 8.36. The molecule has 3 aromatic rings. The van der Waals surface area contributed by atoms with Crippen LogP contribution in [0.5, 0.6) is 0 Å². The van der Waals surface area contributed by atoms with Crippen LogP contribution < -0.4 is 10.9 Å². The lowest BCUT2D eigenvalue weighted by Crippen LogP contribution is -2.44. The summed E-state index contributed by atoms with van der Waals surface area (Å²) in [5.41, 5.74) is 0.340. The average molecular weight is 413 g/mol. The maximum Gasteiger partial charge on any atom is 0.269 e. The Morgan fingerprint density at radius 3 is 2.86 bits per heavy atom. The standard InChI is InChI=1S/C20H24N6O2S/c1-12-7-3-5-9-15(12)23-17(27)13(2)29-20-24-16-10-6-4-8-14(16)18(28)26(20)19-21-11-22-25-19/h4,6,8,10-13,15H,3,5,7,9H2,1-2H3,(H,23,27)(H,21,22,25)/t12-,13+,15-/m0/s1. The van der Waals surface area contributed by atoms with E-state index in [1.165, 1.54) is 29.1 Å². The topological polar surface area (TPSA) is 106 Å². The summed E-state index contributed by atoms with van der Waals surface area (Å²) in [5.74, 6) is 0.723. The fourth-order valence-corrected chi connectivity index (χ4v) is 4.64. The van der Waals surface area contributed by atoms with Crippen LogP contribution in [0.15, 0.2) is 40.5 Å². The van der Waals surface area contributed by atoms with Crippen LogP contribution in [0.1, 0.15) is 39.5 Å². The molecule has 3 atom stereocenters. The number of para-hydroxylation sites is 1. The number of carbonyl (C=O) groups is 1. The van der Waals surface area contributed by atoms with E-state index in [1.807, 2.05) is 13.0 Å². The van der Waals surface area contributed by atoms with Crippen molar-refractivity contribution < 1.29 is 4.79 Å². The van der Waals surface area contributed by atoms with Crippen LogP contribution >= 0.6 is 11.8 Å². The number of nitrogens with one attached hydrogen (secondary N) is 2. The second-order valence-electron chi connectivity index (χ2n) is 7.50. The Bertz CT molecular complexity index is 1060. The van der Waals surface area contributed by atoms with Gasteiger partial charge >= 0.3 is 0 Å². The molecular weight excluding hydrogens is 388 g/mol. The molecule has 4 rings (SSSR count). The van der Waals surface area contributed by atoms with Crippen LogP contribution in [0.25, 0.3) is 16.9 Å². The minimum Gasteiger partial charge on any atom is -0.352 e. The second-order valence-corrected chi connectivity index (χ2v) is 8.81. The van der Waals surface area contributed by atoms with Crippen LogP contribution in [-0.2, 0) is 4.79 Å². The summed E-state index contributed by atoms with van der Waals surface area (Å²) in [5, 5.41) is 10.2. The normalized spacial score (nSPS) is 20.5. The van der Waals surface area contributed by atoms with E-state index in [1.54, 1.807) is 18.2 Å². The van der Waals surface area contributed by atoms with E-state index >= 15 is 0 Å². The molecule has 152 valence electrons. The minimum absolute atomic E-state index is 0.0414. The molecule has 2 N–H and O–H groups in total.